The molecule has 0 aliphatic carbocycles. The molecule has 1 aromatic carbocycles. The maximum Gasteiger partial charge on any atom is 0.288 e. The zero-order valence-corrected chi connectivity index (χ0v) is 7.28. The summed E-state index contributed by atoms with van der Waals surface area (Å²) in [4.78, 5) is 0. The lowest BCUT2D eigenvalue weighted by molar-refractivity contribution is 0.00240. The molecule has 0 saturated carbocycles. The van der Waals surface area contributed by atoms with Crippen LogP contribution in [0.4, 0.5) is 13.2 Å². The van der Waals surface area contributed by atoms with Crippen molar-refractivity contribution >= 4 is 11.6 Å². The van der Waals surface area contributed by atoms with Gasteiger partial charge in [0.1, 0.15) is 5.82 Å². The van der Waals surface area contributed by atoms with Gasteiger partial charge in [-0.15, -0.1) is 0 Å². The normalized spacial score (nSPS) is 11.8. The fourth-order valence-electron chi connectivity index (χ4n) is 0.896. The van der Waals surface area contributed by atoms with Crippen LogP contribution in [-0.4, -0.2) is 6.54 Å². The van der Waals surface area contributed by atoms with Crippen LogP contribution in [0.2, 0.25) is 5.02 Å². The van der Waals surface area contributed by atoms with Gasteiger partial charge in [0, 0.05) is 5.02 Å². The molecule has 1 rings (SSSR count). The quantitative estimate of drug-likeness (QED) is 0.796. The van der Waals surface area contributed by atoms with E-state index in [0.29, 0.717) is 0 Å². The van der Waals surface area contributed by atoms with Crippen LogP contribution in [0.1, 0.15) is 5.56 Å². The predicted molar refractivity (Wildman–Crippen MR) is 44.4 cm³/mol. The van der Waals surface area contributed by atoms with Gasteiger partial charge in [-0.25, -0.2) is 4.39 Å². The molecule has 0 unspecified atom stereocenters. The highest BCUT2D eigenvalue weighted by molar-refractivity contribution is 6.30. The molecule has 13 heavy (non-hydrogen) atoms. The van der Waals surface area contributed by atoms with E-state index in [-0.39, 0.29) is 5.02 Å². The van der Waals surface area contributed by atoms with Crippen molar-refractivity contribution in [3.05, 3.63) is 34.6 Å². The summed E-state index contributed by atoms with van der Waals surface area (Å²) in [6, 6.07) is 2.97. The molecule has 1 aromatic rings. The molecule has 0 heterocycles. The van der Waals surface area contributed by atoms with E-state index < -0.39 is 23.8 Å². The van der Waals surface area contributed by atoms with Crippen LogP contribution < -0.4 is 5.73 Å². The number of halogens is 4. The molecule has 0 aliphatic rings. The third-order valence-electron chi connectivity index (χ3n) is 1.58. The summed E-state index contributed by atoms with van der Waals surface area (Å²) in [7, 11) is 0. The summed E-state index contributed by atoms with van der Waals surface area (Å²) >= 11 is 5.39. The van der Waals surface area contributed by atoms with E-state index in [9.17, 15) is 13.2 Å². The maximum atomic E-state index is 12.9. The number of rotatable bonds is 2. The van der Waals surface area contributed by atoms with Crippen molar-refractivity contribution in [1.29, 1.82) is 0 Å². The molecule has 5 heteroatoms. The van der Waals surface area contributed by atoms with Crippen molar-refractivity contribution in [2.24, 2.45) is 5.73 Å². The Bertz CT molecular complexity index is 314. The van der Waals surface area contributed by atoms with Crippen molar-refractivity contribution < 1.29 is 13.2 Å². The molecule has 0 aromatic heterocycles. The van der Waals surface area contributed by atoms with Gasteiger partial charge in [-0.3, -0.25) is 0 Å². The molecule has 0 aliphatic heterocycles. The topological polar surface area (TPSA) is 26.0 Å². The van der Waals surface area contributed by atoms with Crippen molar-refractivity contribution in [2.45, 2.75) is 5.92 Å². The number of benzene rings is 1. The molecule has 1 nitrogen and oxygen atoms in total. The first kappa shape index (κ1) is 10.3. The summed E-state index contributed by atoms with van der Waals surface area (Å²) in [5, 5.41) is 0.0778. The van der Waals surface area contributed by atoms with Crippen molar-refractivity contribution in [3.8, 4) is 0 Å². The Morgan fingerprint density at radius 1 is 1.38 bits per heavy atom. The molecular formula is C8H7ClF3N. The summed E-state index contributed by atoms with van der Waals surface area (Å²) in [6.07, 6.45) is 0. The first-order valence-corrected chi connectivity index (χ1v) is 3.88. The minimum atomic E-state index is -3.34. The minimum Gasteiger partial charge on any atom is -0.325 e. The van der Waals surface area contributed by atoms with Gasteiger partial charge < -0.3 is 5.73 Å². The van der Waals surface area contributed by atoms with Crippen LogP contribution in [0.25, 0.3) is 0 Å². The molecule has 0 saturated heterocycles. The lowest BCUT2D eigenvalue weighted by Gasteiger charge is -2.14. The first-order chi connectivity index (χ1) is 5.97. The van der Waals surface area contributed by atoms with Crippen LogP contribution in [0.3, 0.4) is 0 Å². The van der Waals surface area contributed by atoms with Gasteiger partial charge in [0.15, 0.2) is 0 Å². The van der Waals surface area contributed by atoms with Crippen LogP contribution in [0.5, 0.6) is 0 Å². The van der Waals surface area contributed by atoms with E-state index in [1.165, 1.54) is 6.07 Å². The summed E-state index contributed by atoms with van der Waals surface area (Å²) in [5.74, 6) is -4.38. The first-order valence-electron chi connectivity index (χ1n) is 3.51. The van der Waals surface area contributed by atoms with Gasteiger partial charge in [-0.2, -0.15) is 8.78 Å². The highest BCUT2D eigenvalue weighted by atomic mass is 35.5. The minimum absolute atomic E-state index is 0.0778. The largest absolute Gasteiger partial charge is 0.325 e. The van der Waals surface area contributed by atoms with Crippen LogP contribution >= 0.6 is 11.6 Å². The molecule has 0 atom stereocenters. The third-order valence-corrected chi connectivity index (χ3v) is 1.82. The predicted octanol–water partition coefficient (Wildman–Crippen LogP) is 2.53. The molecule has 0 bridgehead atoms. The lowest BCUT2D eigenvalue weighted by Crippen LogP contribution is -2.26. The van der Waals surface area contributed by atoms with E-state index >= 15 is 0 Å². The van der Waals surface area contributed by atoms with E-state index in [2.05, 4.69) is 0 Å². The van der Waals surface area contributed by atoms with Gasteiger partial charge in [0.25, 0.3) is 5.92 Å². The maximum absolute atomic E-state index is 12.9. The summed E-state index contributed by atoms with van der Waals surface area (Å²) in [6.45, 7) is -0.925. The second-order valence-corrected chi connectivity index (χ2v) is 2.97. The van der Waals surface area contributed by atoms with Crippen molar-refractivity contribution in [3.63, 3.8) is 0 Å². The smallest absolute Gasteiger partial charge is 0.288 e. The molecule has 0 amide bonds. The zero-order valence-electron chi connectivity index (χ0n) is 6.53. The second kappa shape index (κ2) is 3.55. The number of nitrogens with two attached hydrogens (primary N) is 1. The van der Waals surface area contributed by atoms with Gasteiger partial charge in [0.2, 0.25) is 0 Å². The standard InChI is InChI=1S/C8H7ClF3N/c9-5-1-2-6(7(10)3-5)8(11,12)4-13/h1-3H,4,13H2. The molecular weight excluding hydrogens is 203 g/mol. The fraction of sp³-hybridized carbons (Fsp3) is 0.250. The Morgan fingerprint density at radius 2 is 2.00 bits per heavy atom. The molecule has 72 valence electrons. The highest BCUT2D eigenvalue weighted by Crippen LogP contribution is 2.29. The summed E-state index contributed by atoms with van der Waals surface area (Å²) in [5.41, 5.74) is 4.07. The molecule has 2 N–H and O–H groups in total. The lowest BCUT2D eigenvalue weighted by atomic mass is 10.1. The van der Waals surface area contributed by atoms with Gasteiger partial charge in [0.05, 0.1) is 12.1 Å². The molecule has 0 radical (unpaired) electrons. The van der Waals surface area contributed by atoms with Gasteiger partial charge in [-0.05, 0) is 18.2 Å². The average molecular weight is 210 g/mol. The molecule has 0 spiro atoms. The third kappa shape index (κ3) is 2.14. The van der Waals surface area contributed by atoms with Crippen LogP contribution in [0, 0.1) is 5.82 Å². The highest BCUT2D eigenvalue weighted by Gasteiger charge is 2.32. The second-order valence-electron chi connectivity index (χ2n) is 2.53. The Hall–Kier alpha value is -0.740. The number of hydrogen-bond acceptors (Lipinski definition) is 1. The van der Waals surface area contributed by atoms with Crippen molar-refractivity contribution in [2.75, 3.05) is 6.54 Å². The number of alkyl halides is 2. The van der Waals surface area contributed by atoms with E-state index in [0.717, 1.165) is 12.1 Å². The molecule has 0 fully saturated rings. The van der Waals surface area contributed by atoms with E-state index in [1.807, 2.05) is 0 Å². The summed E-state index contributed by atoms with van der Waals surface area (Å²) < 4.78 is 38.7. The monoisotopic (exact) mass is 209 g/mol. The Balaban J connectivity index is 3.16. The van der Waals surface area contributed by atoms with E-state index in [1.54, 1.807) is 0 Å². The zero-order chi connectivity index (χ0) is 10.1. The van der Waals surface area contributed by atoms with Gasteiger partial charge in [-0.1, -0.05) is 11.6 Å². The average Bonchev–Trinajstić information content (AvgIpc) is 2.03. The Kier molecular flexibility index (Phi) is 2.83. The van der Waals surface area contributed by atoms with Crippen LogP contribution in [-0.2, 0) is 5.92 Å². The SMILES string of the molecule is NCC(F)(F)c1ccc(Cl)cc1F. The Morgan fingerprint density at radius 3 is 2.46 bits per heavy atom. The number of hydrogen-bond donors (Lipinski definition) is 1. The van der Waals surface area contributed by atoms with Gasteiger partial charge >= 0.3 is 0 Å². The fourth-order valence-corrected chi connectivity index (χ4v) is 1.05. The Labute approximate surface area is 78.3 Å². The van der Waals surface area contributed by atoms with E-state index in [4.69, 9.17) is 17.3 Å². The van der Waals surface area contributed by atoms with Crippen molar-refractivity contribution in [1.82, 2.24) is 0 Å². The van der Waals surface area contributed by atoms with Crippen LogP contribution in [0.15, 0.2) is 18.2 Å².